The highest BCUT2D eigenvalue weighted by Crippen LogP contribution is 2.18. The van der Waals surface area contributed by atoms with Crippen LogP contribution < -0.4 is 11.1 Å². The number of aromatic nitrogens is 3. The summed E-state index contributed by atoms with van der Waals surface area (Å²) in [4.78, 5) is 29.4. The number of aryl methyl sites for hydroxylation is 2. The molecule has 112 valence electrons. The van der Waals surface area contributed by atoms with E-state index in [1.54, 1.807) is 12.1 Å². The summed E-state index contributed by atoms with van der Waals surface area (Å²) in [7, 11) is 0. The number of benzene rings is 1. The molecule has 0 spiro atoms. The highest BCUT2D eigenvalue weighted by Gasteiger charge is 2.14. The van der Waals surface area contributed by atoms with Crippen molar-refractivity contribution in [2.75, 3.05) is 0 Å². The second-order valence-electron chi connectivity index (χ2n) is 4.97. The average molecular weight is 360 g/mol. The van der Waals surface area contributed by atoms with Crippen LogP contribution in [0.1, 0.15) is 12.6 Å². The van der Waals surface area contributed by atoms with Gasteiger partial charge in [0.2, 0.25) is 0 Å². The molecule has 0 aliphatic carbocycles. The molecular formula is C16H14BrN3O2. The van der Waals surface area contributed by atoms with Crippen LogP contribution in [0, 0.1) is 6.92 Å². The summed E-state index contributed by atoms with van der Waals surface area (Å²) in [6, 6.07) is 10.9. The van der Waals surface area contributed by atoms with Crippen LogP contribution in [0.4, 0.5) is 0 Å². The Morgan fingerprint density at radius 3 is 2.59 bits per heavy atom. The third-order valence-corrected chi connectivity index (χ3v) is 4.00. The van der Waals surface area contributed by atoms with E-state index in [0.717, 1.165) is 10.2 Å². The average Bonchev–Trinajstić information content (AvgIpc) is 2.49. The van der Waals surface area contributed by atoms with Crippen molar-refractivity contribution in [2.45, 2.75) is 20.4 Å². The molecule has 0 bridgehead atoms. The van der Waals surface area contributed by atoms with Gasteiger partial charge in [0.15, 0.2) is 5.65 Å². The van der Waals surface area contributed by atoms with Gasteiger partial charge in [0.1, 0.15) is 0 Å². The lowest BCUT2D eigenvalue weighted by atomic mass is 10.2. The zero-order valence-electron chi connectivity index (χ0n) is 12.2. The number of rotatable bonds is 2. The molecule has 0 amide bonds. The first-order valence-corrected chi connectivity index (χ1v) is 7.71. The van der Waals surface area contributed by atoms with E-state index in [0.29, 0.717) is 23.4 Å². The van der Waals surface area contributed by atoms with E-state index in [1.807, 2.05) is 38.1 Å². The quantitative estimate of drug-likeness (QED) is 0.661. The Morgan fingerprint density at radius 1 is 1.14 bits per heavy atom. The van der Waals surface area contributed by atoms with Crippen molar-refractivity contribution in [1.82, 2.24) is 14.1 Å². The number of halogens is 1. The Kier molecular flexibility index (Phi) is 3.70. The monoisotopic (exact) mass is 359 g/mol. The van der Waals surface area contributed by atoms with Crippen molar-refractivity contribution in [1.29, 1.82) is 0 Å². The molecule has 0 unspecified atom stereocenters. The number of fused-ring (bicyclic) bond motifs is 1. The van der Waals surface area contributed by atoms with Gasteiger partial charge in [-0.25, -0.2) is 4.98 Å². The second kappa shape index (κ2) is 5.53. The Balaban J connectivity index is 2.53. The number of nitrogens with zero attached hydrogens (tertiary/aromatic N) is 3. The third-order valence-electron chi connectivity index (χ3n) is 3.50. The molecule has 3 rings (SSSR count). The molecule has 6 heteroatoms. The van der Waals surface area contributed by atoms with Gasteiger partial charge >= 0.3 is 11.1 Å². The molecule has 2 heterocycles. The maximum atomic E-state index is 12.5. The summed E-state index contributed by atoms with van der Waals surface area (Å²) in [6.45, 7) is 4.09. The van der Waals surface area contributed by atoms with Crippen molar-refractivity contribution in [3.63, 3.8) is 0 Å². The summed E-state index contributed by atoms with van der Waals surface area (Å²) in [6.07, 6.45) is 0. The smallest absolute Gasteiger partial charge is 0.287 e. The summed E-state index contributed by atoms with van der Waals surface area (Å²) in [5, 5.41) is 0. The minimum Gasteiger partial charge on any atom is -0.287 e. The first-order chi connectivity index (χ1) is 10.5. The molecule has 0 saturated heterocycles. The fraction of sp³-hybridized carbons (Fsp3) is 0.188. The summed E-state index contributed by atoms with van der Waals surface area (Å²) >= 11 is 3.39. The van der Waals surface area contributed by atoms with Gasteiger partial charge in [-0.2, -0.15) is 0 Å². The molecule has 0 fully saturated rings. The number of hydrogen-bond acceptors (Lipinski definition) is 3. The Morgan fingerprint density at radius 2 is 1.91 bits per heavy atom. The highest BCUT2D eigenvalue weighted by molar-refractivity contribution is 9.10. The maximum Gasteiger partial charge on any atom is 0.321 e. The van der Waals surface area contributed by atoms with E-state index in [4.69, 9.17) is 0 Å². The lowest BCUT2D eigenvalue weighted by Gasteiger charge is -2.14. The predicted molar refractivity (Wildman–Crippen MR) is 89.7 cm³/mol. The van der Waals surface area contributed by atoms with Gasteiger partial charge in [0, 0.05) is 16.7 Å². The van der Waals surface area contributed by atoms with Crippen molar-refractivity contribution in [2.24, 2.45) is 0 Å². The molecule has 0 radical (unpaired) electrons. The normalized spacial score (nSPS) is 11.0. The highest BCUT2D eigenvalue weighted by atomic mass is 79.9. The van der Waals surface area contributed by atoms with Crippen LogP contribution >= 0.6 is 15.9 Å². The Hall–Kier alpha value is -2.21. The summed E-state index contributed by atoms with van der Waals surface area (Å²) in [5.41, 5.74) is 1.44. The molecule has 1 aromatic carbocycles. The van der Waals surface area contributed by atoms with Crippen LogP contribution in [0.5, 0.6) is 0 Å². The van der Waals surface area contributed by atoms with Crippen LogP contribution in [0.25, 0.3) is 16.9 Å². The minimum absolute atomic E-state index is 0.403. The van der Waals surface area contributed by atoms with Crippen molar-refractivity contribution < 1.29 is 0 Å². The Labute approximate surface area is 135 Å². The van der Waals surface area contributed by atoms with Crippen molar-refractivity contribution >= 4 is 27.1 Å². The SMILES string of the molecule is CCn1c(=O)c(=O)n(-c2cccc(Br)c2)c2ccc(C)nc21. The molecule has 0 atom stereocenters. The zero-order chi connectivity index (χ0) is 15.9. The topological polar surface area (TPSA) is 56.9 Å². The lowest BCUT2D eigenvalue weighted by molar-refractivity contribution is 0.722. The Bertz CT molecular complexity index is 989. The van der Waals surface area contributed by atoms with Crippen LogP contribution in [0.15, 0.2) is 50.5 Å². The van der Waals surface area contributed by atoms with Crippen LogP contribution in [-0.4, -0.2) is 14.1 Å². The molecular weight excluding hydrogens is 346 g/mol. The van der Waals surface area contributed by atoms with E-state index in [-0.39, 0.29) is 0 Å². The van der Waals surface area contributed by atoms with Gasteiger partial charge in [-0.3, -0.25) is 18.7 Å². The maximum absolute atomic E-state index is 12.5. The van der Waals surface area contributed by atoms with E-state index < -0.39 is 11.1 Å². The standard InChI is InChI=1S/C16H14BrN3O2/c1-3-19-14-13(8-7-10(2)18-14)20(16(22)15(19)21)12-6-4-5-11(17)9-12/h4-9H,3H2,1-2H3. The second-order valence-corrected chi connectivity index (χ2v) is 5.88. The van der Waals surface area contributed by atoms with E-state index in [9.17, 15) is 9.59 Å². The summed E-state index contributed by atoms with van der Waals surface area (Å²) < 4.78 is 3.67. The molecule has 0 aliphatic rings. The van der Waals surface area contributed by atoms with Gasteiger partial charge in [0.05, 0.1) is 11.2 Å². The van der Waals surface area contributed by atoms with Gasteiger partial charge in [0.25, 0.3) is 0 Å². The van der Waals surface area contributed by atoms with Gasteiger partial charge in [-0.05, 0) is 44.2 Å². The minimum atomic E-state index is -0.571. The van der Waals surface area contributed by atoms with Crippen molar-refractivity contribution in [3.8, 4) is 5.69 Å². The number of pyridine rings is 1. The molecule has 22 heavy (non-hydrogen) atoms. The van der Waals surface area contributed by atoms with Gasteiger partial charge < -0.3 is 0 Å². The van der Waals surface area contributed by atoms with Crippen LogP contribution in [0.3, 0.4) is 0 Å². The molecule has 3 aromatic rings. The van der Waals surface area contributed by atoms with E-state index >= 15 is 0 Å². The van der Waals surface area contributed by atoms with E-state index in [2.05, 4.69) is 20.9 Å². The molecule has 2 aromatic heterocycles. The van der Waals surface area contributed by atoms with Crippen LogP contribution in [0.2, 0.25) is 0 Å². The first-order valence-electron chi connectivity index (χ1n) is 6.92. The molecule has 0 aliphatic heterocycles. The number of hydrogen-bond donors (Lipinski definition) is 0. The van der Waals surface area contributed by atoms with Crippen LogP contribution in [-0.2, 0) is 6.54 Å². The predicted octanol–water partition coefficient (Wildman–Crippen LogP) is 2.64. The fourth-order valence-corrected chi connectivity index (χ4v) is 2.88. The lowest BCUT2D eigenvalue weighted by Crippen LogP contribution is -2.41. The zero-order valence-corrected chi connectivity index (χ0v) is 13.8. The fourth-order valence-electron chi connectivity index (χ4n) is 2.49. The summed E-state index contributed by atoms with van der Waals surface area (Å²) in [5.74, 6) is 0. The molecule has 5 nitrogen and oxygen atoms in total. The molecule has 0 N–H and O–H groups in total. The molecule has 0 saturated carbocycles. The van der Waals surface area contributed by atoms with Gasteiger partial charge in [-0.1, -0.05) is 22.0 Å². The van der Waals surface area contributed by atoms with Gasteiger partial charge in [-0.15, -0.1) is 0 Å². The first kappa shape index (κ1) is 14.7. The largest absolute Gasteiger partial charge is 0.321 e. The van der Waals surface area contributed by atoms with E-state index in [1.165, 1.54) is 9.13 Å². The van der Waals surface area contributed by atoms with Crippen molar-refractivity contribution in [3.05, 3.63) is 67.3 Å². The third kappa shape index (κ3) is 2.29.